The Morgan fingerprint density at radius 3 is 1.96 bits per heavy atom. The average Bonchev–Trinajstić information content (AvgIpc) is 2.58. The highest BCUT2D eigenvalue weighted by Gasteiger charge is 2.04. The van der Waals surface area contributed by atoms with E-state index in [1.54, 1.807) is 0 Å². The number of ketones is 1. The van der Waals surface area contributed by atoms with Crippen molar-refractivity contribution in [2.45, 2.75) is 46.1 Å². The van der Waals surface area contributed by atoms with Crippen molar-refractivity contribution >= 4 is 17.6 Å². The Kier molecular flexibility index (Phi) is 15.0. The molecule has 0 bridgehead atoms. The van der Waals surface area contributed by atoms with Crippen molar-refractivity contribution in [1.29, 1.82) is 0 Å². The number of hydrogen-bond donors (Lipinski definition) is 2. The zero-order valence-electron chi connectivity index (χ0n) is 15.6. The van der Waals surface area contributed by atoms with Crippen molar-refractivity contribution in [3.8, 4) is 0 Å². The Labute approximate surface area is 150 Å². The molecule has 0 atom stereocenters. The first kappa shape index (κ1) is 23.5. The number of carbonyl (C=O) groups is 3. The van der Waals surface area contributed by atoms with E-state index in [0.717, 1.165) is 0 Å². The van der Waals surface area contributed by atoms with Crippen LogP contribution >= 0.6 is 0 Å². The van der Waals surface area contributed by atoms with Crippen LogP contribution in [0.4, 0.5) is 0 Å². The molecule has 0 radical (unpaired) electrons. The second-order valence-electron chi connectivity index (χ2n) is 5.68. The third kappa shape index (κ3) is 17.1. The number of carbonyl (C=O) groups excluding carboxylic acids is 3. The van der Waals surface area contributed by atoms with Crippen LogP contribution in [-0.4, -0.2) is 69.8 Å². The van der Waals surface area contributed by atoms with Crippen LogP contribution in [0.2, 0.25) is 0 Å². The molecule has 2 N–H and O–H groups in total. The minimum absolute atomic E-state index is 0.0183. The summed E-state index contributed by atoms with van der Waals surface area (Å²) in [5.74, 6) is -0.136. The summed E-state index contributed by atoms with van der Waals surface area (Å²) in [6.45, 7) is 7.77. The van der Waals surface area contributed by atoms with Crippen LogP contribution in [0.15, 0.2) is 0 Å². The number of nitrogens with one attached hydrogen (secondary N) is 2. The van der Waals surface area contributed by atoms with Crippen LogP contribution in [0, 0.1) is 0 Å². The number of hydrogen-bond acceptors (Lipinski definition) is 6. The molecule has 0 unspecified atom stereocenters. The lowest BCUT2D eigenvalue weighted by Gasteiger charge is -2.09. The van der Waals surface area contributed by atoms with Gasteiger partial charge in [0.05, 0.1) is 32.5 Å². The summed E-state index contributed by atoms with van der Waals surface area (Å²) in [5, 5.41) is 5.37. The van der Waals surface area contributed by atoms with Gasteiger partial charge in [0.15, 0.2) is 0 Å². The molecule has 0 heterocycles. The number of rotatable bonds is 16. The van der Waals surface area contributed by atoms with Crippen LogP contribution in [0.25, 0.3) is 0 Å². The van der Waals surface area contributed by atoms with Crippen molar-refractivity contribution < 1.29 is 28.6 Å². The molecule has 8 nitrogen and oxygen atoms in total. The van der Waals surface area contributed by atoms with Gasteiger partial charge in [-0.25, -0.2) is 0 Å². The standard InChI is InChI=1S/C17H32N2O6/c1-4-15(20)5-9-23-11-7-18-16(21)6-10-24-12-8-19-17(22)13-25-14(2)3/h14H,4-13H2,1-3H3,(H,18,21)(H,19,22). The molecule has 0 fully saturated rings. The molecule has 0 aliphatic rings. The Morgan fingerprint density at radius 2 is 1.40 bits per heavy atom. The van der Waals surface area contributed by atoms with Gasteiger partial charge < -0.3 is 24.8 Å². The lowest BCUT2D eigenvalue weighted by atomic mass is 10.2. The maximum absolute atomic E-state index is 11.5. The van der Waals surface area contributed by atoms with Gasteiger partial charge in [-0.1, -0.05) is 6.92 Å². The van der Waals surface area contributed by atoms with Crippen molar-refractivity contribution in [1.82, 2.24) is 10.6 Å². The van der Waals surface area contributed by atoms with E-state index in [9.17, 15) is 14.4 Å². The molecule has 146 valence electrons. The van der Waals surface area contributed by atoms with Gasteiger partial charge >= 0.3 is 0 Å². The third-order valence-electron chi connectivity index (χ3n) is 3.08. The SMILES string of the molecule is CCC(=O)CCOCCNC(=O)CCOCCNC(=O)COC(C)C. The van der Waals surface area contributed by atoms with E-state index in [-0.39, 0.29) is 43.3 Å². The van der Waals surface area contributed by atoms with E-state index in [2.05, 4.69) is 10.6 Å². The zero-order chi connectivity index (χ0) is 18.9. The normalized spacial score (nSPS) is 10.7. The topological polar surface area (TPSA) is 103 Å². The first-order valence-electron chi connectivity index (χ1n) is 8.77. The van der Waals surface area contributed by atoms with Crippen LogP contribution in [0.3, 0.4) is 0 Å². The highest BCUT2D eigenvalue weighted by Crippen LogP contribution is 1.90. The highest BCUT2D eigenvalue weighted by molar-refractivity contribution is 5.78. The molecule has 0 spiro atoms. The van der Waals surface area contributed by atoms with Crippen molar-refractivity contribution in [2.24, 2.45) is 0 Å². The molecule has 0 rings (SSSR count). The molecular formula is C17H32N2O6. The maximum Gasteiger partial charge on any atom is 0.246 e. The molecule has 2 amide bonds. The van der Waals surface area contributed by atoms with Gasteiger partial charge in [0.2, 0.25) is 11.8 Å². The van der Waals surface area contributed by atoms with Gasteiger partial charge in [0.25, 0.3) is 0 Å². The minimum atomic E-state index is -0.185. The van der Waals surface area contributed by atoms with Crippen molar-refractivity contribution in [3.63, 3.8) is 0 Å². The summed E-state index contributed by atoms with van der Waals surface area (Å²) in [4.78, 5) is 33.9. The molecule has 0 aromatic heterocycles. The number of Topliss-reactive ketones (excluding diaryl/α,β-unsaturated/α-hetero) is 1. The second-order valence-corrected chi connectivity index (χ2v) is 5.68. The third-order valence-corrected chi connectivity index (χ3v) is 3.08. The maximum atomic E-state index is 11.5. The fraction of sp³-hybridized carbons (Fsp3) is 0.824. The lowest BCUT2D eigenvalue weighted by Crippen LogP contribution is -2.32. The van der Waals surface area contributed by atoms with Gasteiger partial charge in [-0.2, -0.15) is 0 Å². The molecule has 0 aliphatic carbocycles. The molecule has 0 saturated carbocycles. The quantitative estimate of drug-likeness (QED) is 0.387. The Balaban J connectivity index is 3.35. The van der Waals surface area contributed by atoms with Crippen molar-refractivity contribution in [2.75, 3.05) is 46.1 Å². The highest BCUT2D eigenvalue weighted by atomic mass is 16.5. The first-order chi connectivity index (χ1) is 12.0. The van der Waals surface area contributed by atoms with Gasteiger partial charge in [0.1, 0.15) is 12.4 Å². The molecule has 8 heteroatoms. The van der Waals surface area contributed by atoms with Gasteiger partial charge in [-0.15, -0.1) is 0 Å². The van der Waals surface area contributed by atoms with Gasteiger partial charge in [0, 0.05) is 32.4 Å². The summed E-state index contributed by atoms with van der Waals surface area (Å²) in [5.41, 5.74) is 0. The van der Waals surface area contributed by atoms with Gasteiger partial charge in [-0.3, -0.25) is 14.4 Å². The van der Waals surface area contributed by atoms with Crippen LogP contribution in [0.5, 0.6) is 0 Å². The number of ether oxygens (including phenoxy) is 3. The van der Waals surface area contributed by atoms with E-state index in [4.69, 9.17) is 14.2 Å². The fourth-order valence-electron chi connectivity index (χ4n) is 1.64. The van der Waals surface area contributed by atoms with E-state index < -0.39 is 0 Å². The monoisotopic (exact) mass is 360 g/mol. The summed E-state index contributed by atoms with van der Waals surface area (Å²) in [6.07, 6.45) is 1.21. The first-order valence-corrected chi connectivity index (χ1v) is 8.77. The van der Waals surface area contributed by atoms with E-state index in [0.29, 0.717) is 45.8 Å². The fourth-order valence-corrected chi connectivity index (χ4v) is 1.64. The zero-order valence-corrected chi connectivity index (χ0v) is 15.6. The van der Waals surface area contributed by atoms with Crippen LogP contribution < -0.4 is 10.6 Å². The Morgan fingerprint density at radius 1 is 0.840 bits per heavy atom. The smallest absolute Gasteiger partial charge is 0.246 e. The molecule has 0 aromatic carbocycles. The molecule has 0 saturated heterocycles. The molecular weight excluding hydrogens is 328 g/mol. The largest absolute Gasteiger partial charge is 0.379 e. The summed E-state index contributed by atoms with van der Waals surface area (Å²) < 4.78 is 15.7. The summed E-state index contributed by atoms with van der Waals surface area (Å²) in [6, 6.07) is 0. The minimum Gasteiger partial charge on any atom is -0.379 e. The summed E-state index contributed by atoms with van der Waals surface area (Å²) in [7, 11) is 0. The second kappa shape index (κ2) is 16.0. The predicted octanol–water partition coefficient (Wildman–Crippen LogP) is 0.436. The molecule has 25 heavy (non-hydrogen) atoms. The van der Waals surface area contributed by atoms with Crippen LogP contribution in [-0.2, 0) is 28.6 Å². The van der Waals surface area contributed by atoms with E-state index >= 15 is 0 Å². The molecule has 0 aliphatic heterocycles. The lowest BCUT2D eigenvalue weighted by molar-refractivity contribution is -0.127. The number of amides is 2. The Bertz CT molecular complexity index is 387. The van der Waals surface area contributed by atoms with E-state index in [1.165, 1.54) is 0 Å². The summed E-state index contributed by atoms with van der Waals surface area (Å²) >= 11 is 0. The van der Waals surface area contributed by atoms with E-state index in [1.807, 2.05) is 20.8 Å². The van der Waals surface area contributed by atoms with Gasteiger partial charge in [-0.05, 0) is 13.8 Å². The Hall–Kier alpha value is -1.51. The predicted molar refractivity (Wildman–Crippen MR) is 93.3 cm³/mol. The van der Waals surface area contributed by atoms with Crippen LogP contribution in [0.1, 0.15) is 40.0 Å². The molecule has 0 aromatic rings. The average molecular weight is 360 g/mol. The van der Waals surface area contributed by atoms with Crippen molar-refractivity contribution in [3.05, 3.63) is 0 Å².